The summed E-state index contributed by atoms with van der Waals surface area (Å²) in [6.45, 7) is 2.71. The lowest BCUT2D eigenvalue weighted by Gasteiger charge is -2.11. The Morgan fingerprint density at radius 1 is 1.03 bits per heavy atom. The van der Waals surface area contributed by atoms with E-state index in [0.29, 0.717) is 39.4 Å². The summed E-state index contributed by atoms with van der Waals surface area (Å²) in [4.78, 5) is 12.7. The Labute approximate surface area is 196 Å². The first-order valence-corrected chi connectivity index (χ1v) is 10.6. The summed E-state index contributed by atoms with van der Waals surface area (Å²) in [7, 11) is 0. The number of nitriles is 1. The molecule has 0 aromatic heterocycles. The Kier molecular flexibility index (Phi) is 8.15. The Balaban J connectivity index is 1.78. The molecule has 162 valence electrons. The summed E-state index contributed by atoms with van der Waals surface area (Å²) in [5.74, 6) is 0.635. The molecule has 0 heterocycles. The number of hydrogen-bond acceptors (Lipinski definition) is 4. The van der Waals surface area contributed by atoms with Crippen LogP contribution < -0.4 is 14.8 Å². The quantitative estimate of drug-likeness (QED) is 0.303. The zero-order chi connectivity index (χ0) is 22.9. The van der Waals surface area contributed by atoms with Gasteiger partial charge >= 0.3 is 0 Å². The smallest absolute Gasteiger partial charge is 0.266 e. The fraction of sp³-hybridized carbons (Fsp3) is 0.120. The number of benzene rings is 3. The third-order valence-corrected chi connectivity index (χ3v) is 4.81. The van der Waals surface area contributed by atoms with E-state index in [4.69, 9.17) is 32.7 Å². The number of amides is 1. The highest BCUT2D eigenvalue weighted by atomic mass is 35.5. The fourth-order valence-electron chi connectivity index (χ4n) is 2.86. The number of rotatable bonds is 8. The summed E-state index contributed by atoms with van der Waals surface area (Å²) in [6.07, 6.45) is 1.45. The Morgan fingerprint density at radius 3 is 2.47 bits per heavy atom. The van der Waals surface area contributed by atoms with E-state index in [1.807, 2.05) is 25.1 Å². The molecule has 7 heteroatoms. The predicted octanol–water partition coefficient (Wildman–Crippen LogP) is 6.52. The molecule has 0 saturated carbocycles. The Hall–Kier alpha value is -3.46. The molecule has 0 saturated heterocycles. The van der Waals surface area contributed by atoms with Crippen LogP contribution in [0, 0.1) is 11.3 Å². The molecule has 5 nitrogen and oxygen atoms in total. The van der Waals surface area contributed by atoms with Crippen molar-refractivity contribution in [1.29, 1.82) is 5.26 Å². The molecular formula is C25H20Cl2N2O3. The normalized spacial score (nSPS) is 10.9. The highest BCUT2D eigenvalue weighted by molar-refractivity contribution is 6.31. The van der Waals surface area contributed by atoms with Gasteiger partial charge in [0.1, 0.15) is 29.7 Å². The molecule has 0 bridgehead atoms. The molecular weight excluding hydrogens is 447 g/mol. The molecule has 1 N–H and O–H groups in total. The lowest BCUT2D eigenvalue weighted by atomic mass is 10.1. The van der Waals surface area contributed by atoms with E-state index in [0.717, 1.165) is 5.56 Å². The molecule has 3 aromatic carbocycles. The first kappa shape index (κ1) is 23.2. The van der Waals surface area contributed by atoms with Gasteiger partial charge in [0.15, 0.2) is 0 Å². The molecule has 0 spiro atoms. The van der Waals surface area contributed by atoms with Gasteiger partial charge in [-0.05, 0) is 73.2 Å². The van der Waals surface area contributed by atoms with Crippen LogP contribution in [0.5, 0.6) is 11.5 Å². The molecule has 32 heavy (non-hydrogen) atoms. The number of nitrogens with one attached hydrogen (secondary N) is 1. The van der Waals surface area contributed by atoms with Gasteiger partial charge in [0.05, 0.1) is 6.61 Å². The van der Waals surface area contributed by atoms with Crippen LogP contribution in [0.15, 0.2) is 72.3 Å². The van der Waals surface area contributed by atoms with Gasteiger partial charge in [0.2, 0.25) is 0 Å². The monoisotopic (exact) mass is 466 g/mol. The number of halogens is 2. The zero-order valence-corrected chi connectivity index (χ0v) is 18.8. The molecule has 0 aliphatic heterocycles. The van der Waals surface area contributed by atoms with E-state index in [1.165, 1.54) is 6.08 Å². The molecule has 0 atom stereocenters. The van der Waals surface area contributed by atoms with Crippen molar-refractivity contribution in [3.05, 3.63) is 93.5 Å². The van der Waals surface area contributed by atoms with E-state index in [2.05, 4.69) is 5.32 Å². The van der Waals surface area contributed by atoms with Gasteiger partial charge in [-0.3, -0.25) is 4.79 Å². The summed E-state index contributed by atoms with van der Waals surface area (Å²) in [6, 6.07) is 21.2. The van der Waals surface area contributed by atoms with E-state index in [1.54, 1.807) is 54.6 Å². The lowest BCUT2D eigenvalue weighted by molar-refractivity contribution is -0.112. The lowest BCUT2D eigenvalue weighted by Crippen LogP contribution is -2.13. The van der Waals surface area contributed by atoms with Gasteiger partial charge in [-0.15, -0.1) is 0 Å². The van der Waals surface area contributed by atoms with Crippen LogP contribution in [0.3, 0.4) is 0 Å². The highest BCUT2D eigenvalue weighted by Gasteiger charge is 2.12. The fourth-order valence-corrected chi connectivity index (χ4v) is 3.25. The molecule has 0 fully saturated rings. The van der Waals surface area contributed by atoms with E-state index in [9.17, 15) is 10.1 Å². The maximum Gasteiger partial charge on any atom is 0.266 e. The van der Waals surface area contributed by atoms with Gasteiger partial charge in [-0.25, -0.2) is 0 Å². The highest BCUT2D eigenvalue weighted by Crippen LogP contribution is 2.27. The van der Waals surface area contributed by atoms with Crippen LogP contribution in [-0.2, 0) is 11.4 Å². The maximum absolute atomic E-state index is 12.7. The molecule has 0 aliphatic carbocycles. The molecule has 1 amide bonds. The van der Waals surface area contributed by atoms with Crippen LogP contribution in [0.1, 0.15) is 18.1 Å². The first-order chi connectivity index (χ1) is 15.5. The number of carbonyl (C=O) groups is 1. The molecule has 0 radical (unpaired) electrons. The minimum Gasteiger partial charge on any atom is -0.494 e. The second kappa shape index (κ2) is 11.2. The van der Waals surface area contributed by atoms with Gasteiger partial charge in [-0.2, -0.15) is 5.26 Å². The van der Waals surface area contributed by atoms with E-state index in [-0.39, 0.29) is 12.2 Å². The SMILES string of the molecule is CCOc1ccc(NC(=O)/C(C#N)=C/c2cc(Cl)ccc2OCc2cccc(Cl)c2)cc1. The third kappa shape index (κ3) is 6.52. The number of carbonyl (C=O) groups excluding carboxylic acids is 1. The maximum atomic E-state index is 12.7. The third-order valence-electron chi connectivity index (χ3n) is 4.34. The van der Waals surface area contributed by atoms with Gasteiger partial charge in [-0.1, -0.05) is 35.3 Å². The molecule has 3 rings (SSSR count). The van der Waals surface area contributed by atoms with Crippen molar-refractivity contribution in [2.45, 2.75) is 13.5 Å². The van der Waals surface area contributed by atoms with Crippen molar-refractivity contribution in [2.24, 2.45) is 0 Å². The summed E-state index contributed by atoms with van der Waals surface area (Å²) in [5, 5.41) is 13.3. The standard InChI is InChI=1S/C25H20Cl2N2O3/c1-2-31-23-9-7-22(8-10-23)29-25(30)19(15-28)13-18-14-21(27)6-11-24(18)32-16-17-4-3-5-20(26)12-17/h3-14H,2,16H2,1H3,(H,29,30)/b19-13+. The van der Waals surface area contributed by atoms with Crippen LogP contribution in [-0.4, -0.2) is 12.5 Å². The van der Waals surface area contributed by atoms with Crippen molar-refractivity contribution in [3.8, 4) is 17.6 Å². The largest absolute Gasteiger partial charge is 0.494 e. The van der Waals surface area contributed by atoms with Crippen molar-refractivity contribution in [1.82, 2.24) is 0 Å². The predicted molar refractivity (Wildman–Crippen MR) is 127 cm³/mol. The van der Waals surface area contributed by atoms with Crippen molar-refractivity contribution >= 4 is 40.9 Å². The van der Waals surface area contributed by atoms with Crippen LogP contribution in [0.4, 0.5) is 5.69 Å². The first-order valence-electron chi connectivity index (χ1n) is 9.81. The second-order valence-electron chi connectivity index (χ2n) is 6.68. The van der Waals surface area contributed by atoms with E-state index >= 15 is 0 Å². The van der Waals surface area contributed by atoms with Crippen molar-refractivity contribution < 1.29 is 14.3 Å². The number of anilines is 1. The van der Waals surface area contributed by atoms with E-state index < -0.39 is 5.91 Å². The molecule has 3 aromatic rings. The molecule has 0 aliphatic rings. The van der Waals surface area contributed by atoms with Gasteiger partial charge < -0.3 is 14.8 Å². The Morgan fingerprint density at radius 2 is 1.78 bits per heavy atom. The van der Waals surface area contributed by atoms with Crippen LogP contribution in [0.25, 0.3) is 6.08 Å². The van der Waals surface area contributed by atoms with Crippen molar-refractivity contribution in [2.75, 3.05) is 11.9 Å². The number of nitrogens with zero attached hydrogens (tertiary/aromatic N) is 1. The van der Waals surface area contributed by atoms with Gasteiger partial charge in [0, 0.05) is 21.3 Å². The van der Waals surface area contributed by atoms with Crippen LogP contribution >= 0.6 is 23.2 Å². The summed E-state index contributed by atoms with van der Waals surface area (Å²) < 4.78 is 11.3. The summed E-state index contributed by atoms with van der Waals surface area (Å²) in [5.41, 5.74) is 1.85. The average molecular weight is 467 g/mol. The molecule has 0 unspecified atom stereocenters. The average Bonchev–Trinajstić information content (AvgIpc) is 2.78. The van der Waals surface area contributed by atoms with Crippen molar-refractivity contribution in [3.63, 3.8) is 0 Å². The minimum atomic E-state index is -0.544. The minimum absolute atomic E-state index is 0.0891. The van der Waals surface area contributed by atoms with Crippen LogP contribution in [0.2, 0.25) is 10.0 Å². The number of hydrogen-bond donors (Lipinski definition) is 1. The zero-order valence-electron chi connectivity index (χ0n) is 17.3. The summed E-state index contributed by atoms with van der Waals surface area (Å²) >= 11 is 12.2. The Bertz CT molecular complexity index is 1170. The second-order valence-corrected chi connectivity index (χ2v) is 7.55. The van der Waals surface area contributed by atoms with Gasteiger partial charge in [0.25, 0.3) is 5.91 Å². The number of ether oxygens (including phenoxy) is 2. The topological polar surface area (TPSA) is 71.3 Å².